The summed E-state index contributed by atoms with van der Waals surface area (Å²) in [4.78, 5) is 15.1. The molecular weight excluding hydrogens is 310 g/mol. The molecule has 0 aliphatic heterocycles. The van der Waals surface area contributed by atoms with Crippen LogP contribution in [-0.4, -0.2) is 9.91 Å². The van der Waals surface area contributed by atoms with Crippen molar-refractivity contribution in [2.75, 3.05) is 0 Å². The van der Waals surface area contributed by atoms with Crippen LogP contribution in [0.3, 0.4) is 0 Å². The van der Waals surface area contributed by atoms with Gasteiger partial charge in [-0.15, -0.1) is 11.3 Å². The third kappa shape index (κ3) is 2.96. The predicted molar refractivity (Wildman–Crippen MR) is 90.9 cm³/mol. The van der Waals surface area contributed by atoms with Gasteiger partial charge in [0, 0.05) is 11.6 Å². The van der Waals surface area contributed by atoms with Crippen molar-refractivity contribution < 1.29 is 4.92 Å². The first-order valence-electron chi connectivity index (χ1n) is 6.81. The number of nitro benzene ring substituents is 1. The van der Waals surface area contributed by atoms with Crippen LogP contribution in [-0.2, 0) is 0 Å². The van der Waals surface area contributed by atoms with Crippen molar-refractivity contribution in [1.29, 1.82) is 5.26 Å². The minimum Gasteiger partial charge on any atom is -0.258 e. The van der Waals surface area contributed by atoms with Crippen molar-refractivity contribution in [3.8, 4) is 6.07 Å². The van der Waals surface area contributed by atoms with Gasteiger partial charge in [-0.25, -0.2) is 4.98 Å². The van der Waals surface area contributed by atoms with Gasteiger partial charge in [0.1, 0.15) is 11.1 Å². The minimum absolute atomic E-state index is 0.0420. The number of rotatable bonds is 3. The van der Waals surface area contributed by atoms with Gasteiger partial charge in [0.25, 0.3) is 5.69 Å². The molecule has 0 aliphatic carbocycles. The minimum atomic E-state index is -0.420. The van der Waals surface area contributed by atoms with Crippen LogP contribution >= 0.6 is 11.3 Å². The average Bonchev–Trinajstić information content (AvgIpc) is 2.97. The van der Waals surface area contributed by atoms with Gasteiger partial charge in [-0.05, 0) is 30.7 Å². The highest BCUT2D eigenvalue weighted by atomic mass is 32.1. The lowest BCUT2D eigenvalue weighted by atomic mass is 10.1. The number of hydrogen-bond donors (Lipinski definition) is 0. The van der Waals surface area contributed by atoms with Gasteiger partial charge < -0.3 is 0 Å². The Morgan fingerprint density at radius 1 is 1.35 bits per heavy atom. The molecule has 0 unspecified atom stereocenters. The summed E-state index contributed by atoms with van der Waals surface area (Å²) >= 11 is 1.43. The molecule has 0 fully saturated rings. The predicted octanol–water partition coefficient (Wildman–Crippen LogP) is 4.58. The number of para-hydroxylation sites is 1. The third-order valence-corrected chi connectivity index (χ3v) is 4.46. The molecule has 5 nitrogen and oxygen atoms in total. The Balaban J connectivity index is 2.07. The maximum Gasteiger partial charge on any atom is 0.272 e. The van der Waals surface area contributed by atoms with Gasteiger partial charge in [0.15, 0.2) is 0 Å². The second kappa shape index (κ2) is 5.99. The molecule has 0 radical (unpaired) electrons. The number of hydrogen-bond acceptors (Lipinski definition) is 5. The zero-order chi connectivity index (χ0) is 16.4. The van der Waals surface area contributed by atoms with Crippen LogP contribution in [0.2, 0.25) is 0 Å². The fourth-order valence-electron chi connectivity index (χ4n) is 2.21. The lowest BCUT2D eigenvalue weighted by molar-refractivity contribution is -0.385. The molecule has 0 bridgehead atoms. The van der Waals surface area contributed by atoms with Crippen molar-refractivity contribution in [2.45, 2.75) is 6.92 Å². The first kappa shape index (κ1) is 14.9. The van der Waals surface area contributed by atoms with Crippen LogP contribution < -0.4 is 0 Å². The molecule has 0 atom stereocenters. The van der Waals surface area contributed by atoms with Gasteiger partial charge in [0.05, 0.1) is 20.7 Å². The largest absolute Gasteiger partial charge is 0.272 e. The number of allylic oxidation sites excluding steroid dienone is 1. The standard InChI is InChI=1S/C17H11N3O2S/c1-11-6-7-12(9-15(11)20(21)22)8-13(10-18)17-19-14-4-2-3-5-16(14)23-17/h2-9H,1H3/b13-8+. The van der Waals surface area contributed by atoms with Crippen LogP contribution in [0.1, 0.15) is 16.1 Å². The lowest BCUT2D eigenvalue weighted by Gasteiger charge is -1.99. The molecule has 1 heterocycles. The van der Waals surface area contributed by atoms with E-state index in [1.807, 2.05) is 24.3 Å². The summed E-state index contributed by atoms with van der Waals surface area (Å²) in [6, 6.07) is 14.7. The first-order chi connectivity index (χ1) is 11.1. The maximum atomic E-state index is 11.0. The van der Waals surface area contributed by atoms with Crippen LogP contribution in [0.4, 0.5) is 5.69 Å². The van der Waals surface area contributed by atoms with E-state index in [9.17, 15) is 15.4 Å². The van der Waals surface area contributed by atoms with Crippen LogP contribution in [0, 0.1) is 28.4 Å². The molecule has 23 heavy (non-hydrogen) atoms. The molecular formula is C17H11N3O2S. The van der Waals surface area contributed by atoms with Gasteiger partial charge in [-0.1, -0.05) is 24.3 Å². The maximum absolute atomic E-state index is 11.0. The van der Waals surface area contributed by atoms with E-state index in [-0.39, 0.29) is 5.69 Å². The van der Waals surface area contributed by atoms with E-state index in [0.29, 0.717) is 21.7 Å². The molecule has 0 N–H and O–H groups in total. The summed E-state index contributed by atoms with van der Waals surface area (Å²) in [7, 11) is 0. The van der Waals surface area contributed by atoms with E-state index in [0.717, 1.165) is 10.2 Å². The molecule has 0 aliphatic rings. The number of benzene rings is 2. The van der Waals surface area contributed by atoms with Crippen molar-refractivity contribution in [2.24, 2.45) is 0 Å². The van der Waals surface area contributed by atoms with E-state index in [4.69, 9.17) is 0 Å². The number of fused-ring (bicyclic) bond motifs is 1. The normalized spacial score (nSPS) is 11.4. The Hall–Kier alpha value is -3.04. The van der Waals surface area contributed by atoms with E-state index in [2.05, 4.69) is 11.1 Å². The number of aromatic nitrogens is 1. The molecule has 0 saturated carbocycles. The molecule has 0 saturated heterocycles. The van der Waals surface area contributed by atoms with Gasteiger partial charge in [-0.2, -0.15) is 5.26 Å². The van der Waals surface area contributed by atoms with Crippen LogP contribution in [0.25, 0.3) is 21.9 Å². The number of thiazole rings is 1. The molecule has 2 aromatic carbocycles. The molecule has 112 valence electrons. The summed E-state index contributed by atoms with van der Waals surface area (Å²) in [6.07, 6.45) is 1.63. The fourth-order valence-corrected chi connectivity index (χ4v) is 3.14. The highest BCUT2D eigenvalue weighted by molar-refractivity contribution is 7.19. The topological polar surface area (TPSA) is 79.8 Å². The van der Waals surface area contributed by atoms with Gasteiger partial charge in [-0.3, -0.25) is 10.1 Å². The summed E-state index contributed by atoms with van der Waals surface area (Å²) in [5, 5.41) is 21.0. The van der Waals surface area contributed by atoms with Crippen molar-refractivity contribution >= 4 is 38.9 Å². The Labute approximate surface area is 136 Å². The second-order valence-corrected chi connectivity index (χ2v) is 5.99. The highest BCUT2D eigenvalue weighted by Crippen LogP contribution is 2.29. The summed E-state index contributed by atoms with van der Waals surface area (Å²) in [5.74, 6) is 0. The van der Waals surface area contributed by atoms with E-state index in [1.165, 1.54) is 17.4 Å². The number of aryl methyl sites for hydroxylation is 1. The molecule has 1 aromatic heterocycles. The zero-order valence-corrected chi connectivity index (χ0v) is 13.0. The second-order valence-electron chi connectivity index (χ2n) is 4.96. The smallest absolute Gasteiger partial charge is 0.258 e. The quantitative estimate of drug-likeness (QED) is 0.402. The summed E-state index contributed by atoms with van der Waals surface area (Å²) < 4.78 is 0.999. The zero-order valence-electron chi connectivity index (χ0n) is 12.2. The Bertz CT molecular complexity index is 950. The van der Waals surface area contributed by atoms with E-state index in [1.54, 1.807) is 25.1 Å². The number of nitro groups is 1. The monoisotopic (exact) mass is 321 g/mol. The molecule has 6 heteroatoms. The lowest BCUT2D eigenvalue weighted by Crippen LogP contribution is -1.92. The molecule has 0 amide bonds. The Kier molecular flexibility index (Phi) is 3.87. The van der Waals surface area contributed by atoms with Crippen molar-refractivity contribution in [1.82, 2.24) is 4.98 Å². The highest BCUT2D eigenvalue weighted by Gasteiger charge is 2.12. The summed E-state index contributed by atoms with van der Waals surface area (Å²) in [6.45, 7) is 1.68. The molecule has 0 spiro atoms. The van der Waals surface area contributed by atoms with Crippen molar-refractivity contribution in [3.63, 3.8) is 0 Å². The van der Waals surface area contributed by atoms with E-state index >= 15 is 0 Å². The molecule has 3 rings (SSSR count). The Morgan fingerprint density at radius 2 is 2.13 bits per heavy atom. The molecule has 3 aromatic rings. The van der Waals surface area contributed by atoms with Gasteiger partial charge >= 0.3 is 0 Å². The van der Waals surface area contributed by atoms with Crippen molar-refractivity contribution in [3.05, 3.63) is 68.7 Å². The first-order valence-corrected chi connectivity index (χ1v) is 7.63. The fraction of sp³-hybridized carbons (Fsp3) is 0.0588. The van der Waals surface area contributed by atoms with Crippen LogP contribution in [0.5, 0.6) is 0 Å². The van der Waals surface area contributed by atoms with Crippen LogP contribution in [0.15, 0.2) is 42.5 Å². The SMILES string of the molecule is Cc1ccc(/C=C(\C#N)c2nc3ccccc3s2)cc1[N+](=O)[O-]. The Morgan fingerprint density at radius 3 is 2.83 bits per heavy atom. The third-order valence-electron chi connectivity index (χ3n) is 3.39. The number of nitriles is 1. The summed E-state index contributed by atoms with van der Waals surface area (Å²) in [5.41, 5.74) is 2.47. The average molecular weight is 321 g/mol. The van der Waals surface area contributed by atoms with Gasteiger partial charge in [0.2, 0.25) is 0 Å². The number of nitrogens with zero attached hydrogens (tertiary/aromatic N) is 3. The van der Waals surface area contributed by atoms with E-state index < -0.39 is 4.92 Å².